The fourth-order valence-electron chi connectivity index (χ4n) is 3.41. The first-order valence-electron chi connectivity index (χ1n) is 7.45. The van der Waals surface area contributed by atoms with Crippen molar-refractivity contribution in [1.29, 1.82) is 0 Å². The fourth-order valence-corrected chi connectivity index (χ4v) is 3.41. The standard InChI is InChI=1S/C14H27N3O/c1-3-11-10-17(9-7-12(11)15-2)13-6-4-5-8-16-14(13)18/h11-13,15H,3-10H2,1-2H3,(H,16,18). The summed E-state index contributed by atoms with van der Waals surface area (Å²) in [6.45, 7) is 5.24. The summed E-state index contributed by atoms with van der Waals surface area (Å²) in [5, 5.41) is 6.48. The van der Waals surface area contributed by atoms with Crippen LogP contribution < -0.4 is 10.6 Å². The third-order valence-corrected chi connectivity index (χ3v) is 4.61. The molecule has 4 heteroatoms. The highest BCUT2D eigenvalue weighted by Gasteiger charge is 2.34. The van der Waals surface area contributed by atoms with Crippen molar-refractivity contribution in [3.05, 3.63) is 0 Å². The molecule has 18 heavy (non-hydrogen) atoms. The predicted molar refractivity (Wildman–Crippen MR) is 73.5 cm³/mol. The maximum Gasteiger partial charge on any atom is 0.237 e. The molecule has 2 aliphatic heterocycles. The summed E-state index contributed by atoms with van der Waals surface area (Å²) in [5.41, 5.74) is 0. The number of likely N-dealkylation sites (tertiary alicyclic amines) is 1. The van der Waals surface area contributed by atoms with Gasteiger partial charge < -0.3 is 10.6 Å². The summed E-state index contributed by atoms with van der Waals surface area (Å²) >= 11 is 0. The molecule has 3 unspecified atom stereocenters. The van der Waals surface area contributed by atoms with Gasteiger partial charge in [-0.2, -0.15) is 0 Å². The van der Waals surface area contributed by atoms with Gasteiger partial charge in [0.05, 0.1) is 6.04 Å². The van der Waals surface area contributed by atoms with Crippen molar-refractivity contribution in [2.45, 2.75) is 51.1 Å². The maximum atomic E-state index is 12.1. The number of carbonyl (C=O) groups is 1. The van der Waals surface area contributed by atoms with Crippen molar-refractivity contribution in [1.82, 2.24) is 15.5 Å². The van der Waals surface area contributed by atoms with Crippen LogP contribution in [0.1, 0.15) is 39.0 Å². The summed E-state index contributed by atoms with van der Waals surface area (Å²) in [6.07, 6.45) is 5.69. The molecule has 0 aliphatic carbocycles. The van der Waals surface area contributed by atoms with Crippen LogP contribution in [0, 0.1) is 5.92 Å². The second-order valence-corrected chi connectivity index (χ2v) is 5.65. The largest absolute Gasteiger partial charge is 0.355 e. The van der Waals surface area contributed by atoms with Gasteiger partial charge >= 0.3 is 0 Å². The highest BCUT2D eigenvalue weighted by Crippen LogP contribution is 2.24. The van der Waals surface area contributed by atoms with E-state index in [0.717, 1.165) is 32.5 Å². The smallest absolute Gasteiger partial charge is 0.237 e. The molecule has 2 aliphatic rings. The van der Waals surface area contributed by atoms with E-state index in [1.165, 1.54) is 19.3 Å². The Balaban J connectivity index is 1.98. The first kappa shape index (κ1) is 13.8. The van der Waals surface area contributed by atoms with E-state index in [0.29, 0.717) is 12.0 Å². The number of carbonyl (C=O) groups excluding carboxylic acids is 1. The molecule has 0 spiro atoms. The first-order valence-corrected chi connectivity index (χ1v) is 7.45. The lowest BCUT2D eigenvalue weighted by molar-refractivity contribution is -0.127. The van der Waals surface area contributed by atoms with Gasteiger partial charge in [0.15, 0.2) is 0 Å². The molecule has 104 valence electrons. The van der Waals surface area contributed by atoms with E-state index in [2.05, 4.69) is 29.5 Å². The SMILES string of the molecule is CCC1CN(C2CCCCNC2=O)CCC1NC. The first-order chi connectivity index (χ1) is 8.76. The van der Waals surface area contributed by atoms with E-state index >= 15 is 0 Å². The summed E-state index contributed by atoms with van der Waals surface area (Å²) in [4.78, 5) is 14.5. The number of hydrogen-bond acceptors (Lipinski definition) is 3. The van der Waals surface area contributed by atoms with Crippen LogP contribution in [0.2, 0.25) is 0 Å². The second-order valence-electron chi connectivity index (χ2n) is 5.65. The third kappa shape index (κ3) is 3.04. The van der Waals surface area contributed by atoms with Crippen LogP contribution in [-0.4, -0.2) is 49.6 Å². The molecule has 0 aromatic carbocycles. The fraction of sp³-hybridized carbons (Fsp3) is 0.929. The van der Waals surface area contributed by atoms with Crippen LogP contribution in [0.5, 0.6) is 0 Å². The molecule has 2 fully saturated rings. The molecule has 0 aromatic heterocycles. The van der Waals surface area contributed by atoms with Gasteiger partial charge in [-0.15, -0.1) is 0 Å². The Bertz CT molecular complexity index is 282. The van der Waals surface area contributed by atoms with Crippen molar-refractivity contribution < 1.29 is 4.79 Å². The Hall–Kier alpha value is -0.610. The Labute approximate surface area is 110 Å². The van der Waals surface area contributed by atoms with E-state index in [-0.39, 0.29) is 11.9 Å². The molecule has 0 saturated carbocycles. The van der Waals surface area contributed by atoms with Crippen LogP contribution in [0.4, 0.5) is 0 Å². The van der Waals surface area contributed by atoms with Gasteiger partial charge in [-0.1, -0.05) is 13.3 Å². The lowest BCUT2D eigenvalue weighted by Crippen LogP contribution is -2.54. The van der Waals surface area contributed by atoms with Gasteiger partial charge in [-0.25, -0.2) is 0 Å². The predicted octanol–water partition coefficient (Wildman–Crippen LogP) is 0.975. The van der Waals surface area contributed by atoms with Crippen LogP contribution in [0.25, 0.3) is 0 Å². The molecule has 2 heterocycles. The number of piperidine rings is 1. The van der Waals surface area contributed by atoms with Crippen molar-refractivity contribution in [2.24, 2.45) is 5.92 Å². The molecule has 0 radical (unpaired) electrons. The zero-order valence-corrected chi connectivity index (χ0v) is 11.7. The lowest BCUT2D eigenvalue weighted by atomic mass is 9.88. The number of nitrogens with zero attached hydrogens (tertiary/aromatic N) is 1. The molecule has 1 amide bonds. The monoisotopic (exact) mass is 253 g/mol. The second kappa shape index (κ2) is 6.53. The Morgan fingerprint density at radius 1 is 1.39 bits per heavy atom. The zero-order chi connectivity index (χ0) is 13.0. The minimum absolute atomic E-state index is 0.124. The lowest BCUT2D eigenvalue weighted by Gasteiger charge is -2.41. The Kier molecular flexibility index (Phi) is 5.01. The summed E-state index contributed by atoms with van der Waals surface area (Å²) < 4.78 is 0. The quantitative estimate of drug-likeness (QED) is 0.788. The van der Waals surface area contributed by atoms with Crippen molar-refractivity contribution in [3.63, 3.8) is 0 Å². The van der Waals surface area contributed by atoms with Crippen LogP contribution in [0.3, 0.4) is 0 Å². The zero-order valence-electron chi connectivity index (χ0n) is 11.7. The highest BCUT2D eigenvalue weighted by atomic mass is 16.2. The van der Waals surface area contributed by atoms with Crippen LogP contribution >= 0.6 is 0 Å². The highest BCUT2D eigenvalue weighted by molar-refractivity contribution is 5.81. The van der Waals surface area contributed by atoms with E-state index in [1.807, 2.05) is 0 Å². The maximum absolute atomic E-state index is 12.1. The molecule has 0 aromatic rings. The summed E-state index contributed by atoms with van der Waals surface area (Å²) in [7, 11) is 2.06. The van der Waals surface area contributed by atoms with Gasteiger partial charge in [0.2, 0.25) is 5.91 Å². The molecular weight excluding hydrogens is 226 g/mol. The molecule has 3 atom stereocenters. The number of rotatable bonds is 3. The van der Waals surface area contributed by atoms with Gasteiger partial charge in [0.1, 0.15) is 0 Å². The van der Waals surface area contributed by atoms with E-state index in [4.69, 9.17) is 0 Å². The average molecular weight is 253 g/mol. The van der Waals surface area contributed by atoms with Gasteiger partial charge in [-0.3, -0.25) is 9.69 Å². The molecule has 2 rings (SSSR count). The Morgan fingerprint density at radius 2 is 2.22 bits per heavy atom. The van der Waals surface area contributed by atoms with Crippen molar-refractivity contribution in [3.8, 4) is 0 Å². The summed E-state index contributed by atoms with van der Waals surface area (Å²) in [6, 6.07) is 0.749. The molecule has 2 saturated heterocycles. The van der Waals surface area contributed by atoms with E-state index < -0.39 is 0 Å². The van der Waals surface area contributed by atoms with Crippen LogP contribution in [0.15, 0.2) is 0 Å². The van der Waals surface area contributed by atoms with E-state index in [9.17, 15) is 4.79 Å². The number of hydrogen-bond donors (Lipinski definition) is 2. The van der Waals surface area contributed by atoms with Gasteiger partial charge in [0.25, 0.3) is 0 Å². The normalized spacial score (nSPS) is 35.0. The average Bonchev–Trinajstić information content (AvgIpc) is 2.62. The number of amides is 1. The molecule has 0 bridgehead atoms. The van der Waals surface area contributed by atoms with Gasteiger partial charge in [-0.05, 0) is 38.6 Å². The van der Waals surface area contributed by atoms with E-state index in [1.54, 1.807) is 0 Å². The molecule has 2 N–H and O–H groups in total. The molecule has 4 nitrogen and oxygen atoms in total. The Morgan fingerprint density at radius 3 is 2.94 bits per heavy atom. The topological polar surface area (TPSA) is 44.4 Å². The minimum Gasteiger partial charge on any atom is -0.355 e. The van der Waals surface area contributed by atoms with Crippen molar-refractivity contribution >= 4 is 5.91 Å². The molecular formula is C14H27N3O. The van der Waals surface area contributed by atoms with Gasteiger partial charge in [0, 0.05) is 25.7 Å². The number of nitrogens with one attached hydrogen (secondary N) is 2. The summed E-state index contributed by atoms with van der Waals surface area (Å²) in [5.74, 6) is 0.935. The van der Waals surface area contributed by atoms with Crippen LogP contribution in [-0.2, 0) is 4.79 Å². The van der Waals surface area contributed by atoms with Crippen molar-refractivity contribution in [2.75, 3.05) is 26.7 Å². The third-order valence-electron chi connectivity index (χ3n) is 4.61. The minimum atomic E-state index is 0.124.